The van der Waals surface area contributed by atoms with Crippen molar-refractivity contribution in [2.45, 2.75) is 26.1 Å². The maximum Gasteiger partial charge on any atom is 0.343 e. The van der Waals surface area contributed by atoms with E-state index in [9.17, 15) is 19.5 Å². The van der Waals surface area contributed by atoms with Crippen LogP contribution in [0.4, 0.5) is 4.79 Å². The zero-order valence-electron chi connectivity index (χ0n) is 25.2. The Bertz CT molecular complexity index is 1570. The van der Waals surface area contributed by atoms with E-state index in [2.05, 4.69) is 21.2 Å². The molecule has 0 spiro atoms. The monoisotopic (exact) mass is 618 g/mol. The van der Waals surface area contributed by atoms with Gasteiger partial charge in [-0.2, -0.15) is 5.10 Å². The Hall–Kier alpha value is -5.56. The summed E-state index contributed by atoms with van der Waals surface area (Å²) in [5, 5.41) is 19.7. The molecular weight excluding hydrogens is 584 g/mol. The second kappa shape index (κ2) is 15.3. The number of allylic oxidation sites excluding steroid dienone is 1. The van der Waals surface area contributed by atoms with Gasteiger partial charge in [0.2, 0.25) is 0 Å². The summed E-state index contributed by atoms with van der Waals surface area (Å²) >= 11 is 0. The number of aliphatic hydroxyl groups is 1. The minimum atomic E-state index is -1.17. The van der Waals surface area contributed by atoms with E-state index >= 15 is 0 Å². The largest absolute Gasteiger partial charge is 0.497 e. The van der Waals surface area contributed by atoms with Crippen LogP contribution < -0.4 is 35.0 Å². The van der Waals surface area contributed by atoms with Crippen LogP contribution in [0.2, 0.25) is 0 Å². The number of benzene rings is 3. The number of hydrazone groups is 1. The van der Waals surface area contributed by atoms with Gasteiger partial charge in [-0.1, -0.05) is 6.07 Å². The first-order valence-corrected chi connectivity index (χ1v) is 13.9. The van der Waals surface area contributed by atoms with E-state index in [1.807, 2.05) is 0 Å². The highest BCUT2D eigenvalue weighted by atomic mass is 16.5. The smallest absolute Gasteiger partial charge is 0.343 e. The van der Waals surface area contributed by atoms with Gasteiger partial charge in [0.05, 0.1) is 44.2 Å². The molecule has 1 aliphatic heterocycles. The van der Waals surface area contributed by atoms with Gasteiger partial charge in [0, 0.05) is 5.70 Å². The van der Waals surface area contributed by atoms with Crippen molar-refractivity contribution in [3.8, 4) is 23.0 Å². The maximum absolute atomic E-state index is 12.4. The third-order valence-corrected chi connectivity index (χ3v) is 6.53. The number of rotatable bonds is 13. The molecule has 2 amide bonds. The first-order valence-electron chi connectivity index (χ1n) is 13.9. The number of ether oxygens (including phenoxy) is 5. The van der Waals surface area contributed by atoms with Crippen LogP contribution in [0.15, 0.2) is 83.1 Å². The predicted molar refractivity (Wildman–Crippen MR) is 163 cm³/mol. The maximum atomic E-state index is 12.4. The minimum absolute atomic E-state index is 0.173. The Labute approximate surface area is 259 Å². The van der Waals surface area contributed by atoms with Gasteiger partial charge in [-0.05, 0) is 85.6 Å². The molecule has 0 fully saturated rings. The van der Waals surface area contributed by atoms with Gasteiger partial charge in [-0.15, -0.1) is 0 Å². The molecule has 13 heteroatoms. The van der Waals surface area contributed by atoms with E-state index in [0.717, 1.165) is 0 Å². The molecule has 0 aromatic heterocycles. The lowest BCUT2D eigenvalue weighted by Gasteiger charge is -2.28. The number of nitrogens with one attached hydrogen (secondary N) is 3. The zero-order valence-corrected chi connectivity index (χ0v) is 25.2. The summed E-state index contributed by atoms with van der Waals surface area (Å²) in [4.78, 5) is 36.9. The van der Waals surface area contributed by atoms with Gasteiger partial charge in [0.15, 0.2) is 17.7 Å². The van der Waals surface area contributed by atoms with E-state index in [1.165, 1.54) is 13.3 Å². The van der Waals surface area contributed by atoms with Crippen LogP contribution in [0.25, 0.3) is 0 Å². The normalized spacial score (nSPS) is 15.0. The third kappa shape index (κ3) is 8.51. The molecule has 0 bridgehead atoms. The van der Waals surface area contributed by atoms with Crippen LogP contribution in [0.5, 0.6) is 23.0 Å². The molecule has 0 radical (unpaired) electrons. The molecule has 13 nitrogen and oxygen atoms in total. The molecule has 1 heterocycles. The summed E-state index contributed by atoms with van der Waals surface area (Å²) in [6.07, 6.45) is 0.320. The Morgan fingerprint density at radius 3 is 2.36 bits per heavy atom. The topological polar surface area (TPSA) is 166 Å². The molecule has 0 saturated carbocycles. The highest BCUT2D eigenvalue weighted by Crippen LogP contribution is 2.35. The summed E-state index contributed by atoms with van der Waals surface area (Å²) in [5.74, 6) is 0.614. The number of urea groups is 1. The van der Waals surface area contributed by atoms with Crippen LogP contribution in [0, 0.1) is 0 Å². The van der Waals surface area contributed by atoms with Crippen LogP contribution in [-0.4, -0.2) is 63.0 Å². The molecular formula is C32H34N4O9. The average molecular weight is 619 g/mol. The number of hydrogen-bond acceptors (Lipinski definition) is 11. The standard InChI is InChI=1S/C32H34N4O9/c1-5-43-26-16-22(29-28(31(39)42-4)19(2)34-32(40)35-29)10-15-25(26)44-18-27(37)36-33-17-20-6-11-24(12-7-20)45-30(38)21-8-13-23(41-3)14-9-21/h6-17,27,29,36-37H,5,18H2,1-4H3,(H2,34,35,40)/b33-17+/t27-,29-/m1/s1. The molecule has 0 saturated heterocycles. The Balaban J connectivity index is 1.32. The van der Waals surface area contributed by atoms with Gasteiger partial charge < -0.3 is 39.4 Å². The van der Waals surface area contributed by atoms with E-state index in [-0.39, 0.29) is 12.2 Å². The number of methoxy groups -OCH3 is 2. The van der Waals surface area contributed by atoms with Crippen LogP contribution >= 0.6 is 0 Å². The molecule has 0 aliphatic carbocycles. The lowest BCUT2D eigenvalue weighted by Crippen LogP contribution is -2.45. The van der Waals surface area contributed by atoms with Crippen molar-refractivity contribution >= 4 is 24.2 Å². The molecule has 45 heavy (non-hydrogen) atoms. The van der Waals surface area contributed by atoms with Crippen molar-refractivity contribution in [2.75, 3.05) is 27.4 Å². The first-order chi connectivity index (χ1) is 21.7. The van der Waals surface area contributed by atoms with Crippen molar-refractivity contribution < 1.29 is 43.2 Å². The second-order valence-corrected chi connectivity index (χ2v) is 9.60. The highest BCUT2D eigenvalue weighted by Gasteiger charge is 2.32. The van der Waals surface area contributed by atoms with Gasteiger partial charge in [-0.25, -0.2) is 14.4 Å². The molecule has 3 aromatic rings. The van der Waals surface area contributed by atoms with Gasteiger partial charge >= 0.3 is 18.0 Å². The number of nitrogens with zero attached hydrogens (tertiary/aromatic N) is 1. The third-order valence-electron chi connectivity index (χ3n) is 6.53. The van der Waals surface area contributed by atoms with Crippen molar-refractivity contribution in [3.05, 3.63) is 94.7 Å². The Morgan fingerprint density at radius 1 is 0.978 bits per heavy atom. The summed E-state index contributed by atoms with van der Waals surface area (Å²) in [6.45, 7) is 3.57. The van der Waals surface area contributed by atoms with E-state index in [4.69, 9.17) is 23.7 Å². The molecule has 2 atom stereocenters. The molecule has 4 N–H and O–H groups in total. The fraction of sp³-hybridized carbons (Fsp3) is 0.250. The summed E-state index contributed by atoms with van der Waals surface area (Å²) < 4.78 is 26.9. The quantitative estimate of drug-likeness (QED) is 0.0733. The number of hydrogen-bond donors (Lipinski definition) is 4. The first kappa shape index (κ1) is 32.4. The van der Waals surface area contributed by atoms with Gasteiger partial charge in [-0.3, -0.25) is 5.43 Å². The molecule has 1 aliphatic rings. The molecule has 3 aromatic carbocycles. The average Bonchev–Trinajstić information content (AvgIpc) is 3.04. The van der Waals surface area contributed by atoms with Crippen molar-refractivity contribution in [3.63, 3.8) is 0 Å². The number of carbonyl (C=O) groups excluding carboxylic acids is 3. The Morgan fingerprint density at radius 2 is 1.69 bits per heavy atom. The van der Waals surface area contributed by atoms with Crippen molar-refractivity contribution in [1.29, 1.82) is 0 Å². The second-order valence-electron chi connectivity index (χ2n) is 9.60. The summed E-state index contributed by atoms with van der Waals surface area (Å²) in [6, 6.07) is 17.0. The molecule has 4 rings (SSSR count). The molecule has 0 unspecified atom stereocenters. The van der Waals surface area contributed by atoms with E-state index in [0.29, 0.717) is 52.0 Å². The fourth-order valence-corrected chi connectivity index (χ4v) is 4.33. The number of amides is 2. The predicted octanol–water partition coefficient (Wildman–Crippen LogP) is 3.43. The lowest BCUT2D eigenvalue weighted by atomic mass is 9.95. The van der Waals surface area contributed by atoms with Crippen molar-refractivity contribution in [2.24, 2.45) is 5.10 Å². The number of aliphatic hydroxyl groups excluding tert-OH is 1. The van der Waals surface area contributed by atoms with Gasteiger partial charge in [0.25, 0.3) is 0 Å². The Kier molecular flexibility index (Phi) is 11.0. The SMILES string of the molecule is CCOc1cc([C@H]2NC(=O)NC(C)=C2C(=O)OC)ccc1OC[C@@H](O)N/N=C/c1ccc(OC(=O)c2ccc(OC)cc2)cc1. The highest BCUT2D eigenvalue weighted by molar-refractivity contribution is 5.95. The fourth-order valence-electron chi connectivity index (χ4n) is 4.33. The lowest BCUT2D eigenvalue weighted by molar-refractivity contribution is -0.136. The summed E-state index contributed by atoms with van der Waals surface area (Å²) in [5.41, 5.74) is 4.87. The van der Waals surface area contributed by atoms with Crippen LogP contribution in [0.3, 0.4) is 0 Å². The number of carbonyl (C=O) groups is 3. The van der Waals surface area contributed by atoms with Crippen LogP contribution in [-0.2, 0) is 9.53 Å². The molecule has 236 valence electrons. The van der Waals surface area contributed by atoms with E-state index in [1.54, 1.807) is 87.7 Å². The van der Waals surface area contributed by atoms with E-state index < -0.39 is 30.2 Å². The minimum Gasteiger partial charge on any atom is -0.497 e. The number of esters is 2. The van der Waals surface area contributed by atoms with Gasteiger partial charge in [0.1, 0.15) is 18.1 Å². The van der Waals surface area contributed by atoms with Crippen molar-refractivity contribution in [1.82, 2.24) is 16.1 Å². The van der Waals surface area contributed by atoms with Crippen LogP contribution in [0.1, 0.15) is 41.4 Å². The summed E-state index contributed by atoms with van der Waals surface area (Å²) in [7, 11) is 2.81. The zero-order chi connectivity index (χ0) is 32.3.